The molecule has 140 valence electrons. The van der Waals surface area contributed by atoms with Crippen LogP contribution in [0.25, 0.3) is 5.57 Å². The number of aromatic nitrogens is 2. The van der Waals surface area contributed by atoms with Crippen LogP contribution >= 0.6 is 11.6 Å². The highest BCUT2D eigenvalue weighted by molar-refractivity contribution is 6.31. The van der Waals surface area contributed by atoms with Crippen molar-refractivity contribution in [3.63, 3.8) is 0 Å². The number of imidazole rings is 1. The largest absolute Gasteiger partial charge is 0.280 e. The summed E-state index contributed by atoms with van der Waals surface area (Å²) in [5.74, 6) is 1.91. The average Bonchev–Trinajstić information content (AvgIpc) is 2.99. The molecule has 2 aliphatic rings. The molecule has 1 saturated carbocycles. The van der Waals surface area contributed by atoms with Gasteiger partial charge in [-0.3, -0.25) is 10.4 Å². The van der Waals surface area contributed by atoms with E-state index in [9.17, 15) is 0 Å². The number of nitriles is 1. The van der Waals surface area contributed by atoms with Crippen molar-refractivity contribution in [2.24, 2.45) is 10.9 Å². The van der Waals surface area contributed by atoms with Crippen LogP contribution in [-0.2, 0) is 0 Å². The molecule has 0 amide bonds. The van der Waals surface area contributed by atoms with Crippen molar-refractivity contribution in [2.45, 2.75) is 45.6 Å². The number of allylic oxidation sites excluding steroid dienone is 8. The maximum absolute atomic E-state index is 9.03. The van der Waals surface area contributed by atoms with Crippen LogP contribution < -0.4 is 5.43 Å². The van der Waals surface area contributed by atoms with Crippen molar-refractivity contribution in [2.75, 3.05) is 5.43 Å². The van der Waals surface area contributed by atoms with Gasteiger partial charge in [0.1, 0.15) is 11.7 Å². The molecule has 6 heteroatoms. The molecule has 5 nitrogen and oxygen atoms in total. The number of hydrogen-bond donors (Lipinski definition) is 1. The summed E-state index contributed by atoms with van der Waals surface area (Å²) >= 11 is 6.03. The zero-order valence-electron chi connectivity index (χ0n) is 15.7. The number of nitrogens with one attached hydrogen (secondary N) is 1. The van der Waals surface area contributed by atoms with Gasteiger partial charge in [0.25, 0.3) is 0 Å². The highest BCUT2D eigenvalue weighted by Gasteiger charge is 2.20. The molecule has 0 radical (unpaired) electrons. The number of amidine groups is 1. The summed E-state index contributed by atoms with van der Waals surface area (Å²) in [5.41, 5.74) is 5.36. The molecule has 0 spiro atoms. The van der Waals surface area contributed by atoms with Crippen molar-refractivity contribution < 1.29 is 0 Å². The first-order valence-electron chi connectivity index (χ1n) is 9.25. The number of halogens is 1. The lowest BCUT2D eigenvalue weighted by Crippen LogP contribution is -2.26. The molecule has 2 aliphatic carbocycles. The second-order valence-corrected chi connectivity index (χ2v) is 7.32. The van der Waals surface area contributed by atoms with Crippen LogP contribution in [-0.4, -0.2) is 21.5 Å². The van der Waals surface area contributed by atoms with Crippen LogP contribution in [0.1, 0.15) is 44.1 Å². The number of hydrogen-bond acceptors (Lipinski definition) is 3. The van der Waals surface area contributed by atoms with Gasteiger partial charge in [-0.25, -0.2) is 9.66 Å². The predicted molar refractivity (Wildman–Crippen MR) is 111 cm³/mol. The lowest BCUT2D eigenvalue weighted by molar-refractivity contribution is 0.383. The quantitative estimate of drug-likeness (QED) is 0.600. The Morgan fingerprint density at radius 2 is 2.00 bits per heavy atom. The van der Waals surface area contributed by atoms with Crippen LogP contribution in [0.15, 0.2) is 52.7 Å². The molecule has 1 N–H and O–H groups in total. The van der Waals surface area contributed by atoms with E-state index in [1.165, 1.54) is 0 Å². The summed E-state index contributed by atoms with van der Waals surface area (Å²) < 4.78 is 1.96. The van der Waals surface area contributed by atoms with Gasteiger partial charge in [-0.1, -0.05) is 35.9 Å². The van der Waals surface area contributed by atoms with Crippen molar-refractivity contribution in [3.05, 3.63) is 59.2 Å². The molecule has 0 bridgehead atoms. The predicted octanol–water partition coefficient (Wildman–Crippen LogP) is 4.87. The van der Waals surface area contributed by atoms with Gasteiger partial charge in [0.05, 0.1) is 24.0 Å². The molecule has 27 heavy (non-hydrogen) atoms. The standard InChI is InChI=1S/C21H24ClN5/c1-15(25-20-11-9-17(13-23)10-12-20)26-27-16(2)24-14-21(27)18-5-3-7-19(22)8-4-6-18/h3-8,14,17,20H,9-12H2,1-2H3,(H,25,26)/b5-3?,6-4?,7-3-,8-4?,18-5?,18-6?,19-7?,19-8+. The van der Waals surface area contributed by atoms with E-state index in [1.807, 2.05) is 61.2 Å². The third-order valence-electron chi connectivity index (χ3n) is 4.83. The highest BCUT2D eigenvalue weighted by Crippen LogP contribution is 2.26. The van der Waals surface area contributed by atoms with Crippen molar-refractivity contribution >= 4 is 23.0 Å². The van der Waals surface area contributed by atoms with E-state index >= 15 is 0 Å². The lowest BCUT2D eigenvalue weighted by Gasteiger charge is -2.22. The Morgan fingerprint density at radius 1 is 1.26 bits per heavy atom. The van der Waals surface area contributed by atoms with E-state index in [4.69, 9.17) is 21.9 Å². The van der Waals surface area contributed by atoms with E-state index in [1.54, 1.807) is 0 Å². The van der Waals surface area contributed by atoms with Crippen LogP contribution in [0.3, 0.4) is 0 Å². The van der Waals surface area contributed by atoms with Gasteiger partial charge >= 0.3 is 0 Å². The summed E-state index contributed by atoms with van der Waals surface area (Å²) in [6.45, 7) is 3.94. The highest BCUT2D eigenvalue weighted by atomic mass is 35.5. The third-order valence-corrected chi connectivity index (χ3v) is 5.08. The zero-order valence-corrected chi connectivity index (χ0v) is 16.4. The first kappa shape index (κ1) is 19.2. The molecular formula is C21H24ClN5. The Hall–Kier alpha value is -2.58. The second kappa shape index (κ2) is 8.88. The van der Waals surface area contributed by atoms with Gasteiger partial charge in [0, 0.05) is 16.5 Å². The van der Waals surface area contributed by atoms with E-state index < -0.39 is 0 Å². The molecule has 1 aromatic rings. The Morgan fingerprint density at radius 3 is 2.74 bits per heavy atom. The van der Waals surface area contributed by atoms with Gasteiger partial charge < -0.3 is 0 Å². The monoisotopic (exact) mass is 381 g/mol. The fourth-order valence-electron chi connectivity index (χ4n) is 3.36. The van der Waals surface area contributed by atoms with Gasteiger partial charge in [-0.15, -0.1) is 0 Å². The first-order chi connectivity index (χ1) is 13.1. The van der Waals surface area contributed by atoms with Gasteiger partial charge in [-0.2, -0.15) is 5.26 Å². The SMILES string of the molecule is CC(=NC1CCC(C#N)CC1)Nn1c(C2=C/C=C\C(Cl)=C/C=C2)cnc1C. The fraction of sp³-hybridized carbons (Fsp3) is 0.381. The molecular weight excluding hydrogens is 358 g/mol. The number of aliphatic imine (C=N–C) groups is 1. The summed E-state index contributed by atoms with van der Waals surface area (Å²) in [6.07, 6.45) is 17.3. The van der Waals surface area contributed by atoms with E-state index in [0.717, 1.165) is 48.6 Å². The molecule has 0 aromatic carbocycles. The smallest absolute Gasteiger partial charge is 0.125 e. The normalized spacial score (nSPS) is 26.2. The summed E-state index contributed by atoms with van der Waals surface area (Å²) in [4.78, 5) is 9.27. The van der Waals surface area contributed by atoms with E-state index in [2.05, 4.69) is 16.5 Å². The Bertz CT molecular complexity index is 871. The van der Waals surface area contributed by atoms with Gasteiger partial charge in [0.15, 0.2) is 0 Å². The van der Waals surface area contributed by atoms with Crippen molar-refractivity contribution in [1.29, 1.82) is 5.26 Å². The van der Waals surface area contributed by atoms with Gasteiger partial charge in [0.2, 0.25) is 0 Å². The van der Waals surface area contributed by atoms with Crippen LogP contribution in [0.4, 0.5) is 0 Å². The maximum atomic E-state index is 9.03. The molecule has 1 fully saturated rings. The topological polar surface area (TPSA) is 66.0 Å². The Kier molecular flexibility index (Phi) is 6.31. The molecule has 1 aromatic heterocycles. The average molecular weight is 382 g/mol. The van der Waals surface area contributed by atoms with E-state index in [0.29, 0.717) is 5.03 Å². The second-order valence-electron chi connectivity index (χ2n) is 6.88. The third kappa shape index (κ3) is 4.99. The molecule has 0 saturated heterocycles. The lowest BCUT2D eigenvalue weighted by atomic mass is 9.87. The number of aryl methyl sites for hydroxylation is 1. The first-order valence-corrected chi connectivity index (χ1v) is 9.62. The summed E-state index contributed by atoms with van der Waals surface area (Å²) in [5, 5.41) is 9.73. The number of rotatable bonds is 3. The van der Waals surface area contributed by atoms with Crippen LogP contribution in [0, 0.1) is 24.2 Å². The fourth-order valence-corrected chi connectivity index (χ4v) is 3.50. The minimum atomic E-state index is 0.195. The van der Waals surface area contributed by atoms with Crippen LogP contribution in [0.5, 0.6) is 0 Å². The minimum absolute atomic E-state index is 0.195. The van der Waals surface area contributed by atoms with Crippen molar-refractivity contribution in [1.82, 2.24) is 9.66 Å². The van der Waals surface area contributed by atoms with E-state index in [-0.39, 0.29) is 12.0 Å². The molecule has 0 atom stereocenters. The molecule has 3 rings (SSSR count). The Labute approximate surface area is 165 Å². The maximum Gasteiger partial charge on any atom is 0.125 e. The minimum Gasteiger partial charge on any atom is -0.280 e. The van der Waals surface area contributed by atoms with Crippen molar-refractivity contribution in [3.8, 4) is 6.07 Å². The van der Waals surface area contributed by atoms with Gasteiger partial charge in [-0.05, 0) is 51.7 Å². The molecule has 1 heterocycles. The number of nitrogens with zero attached hydrogens (tertiary/aromatic N) is 4. The zero-order chi connectivity index (χ0) is 19.2. The molecule has 0 aliphatic heterocycles. The van der Waals surface area contributed by atoms with Crippen LogP contribution in [0.2, 0.25) is 0 Å². The molecule has 0 unspecified atom stereocenters. The summed E-state index contributed by atoms with van der Waals surface area (Å²) in [7, 11) is 0. The summed E-state index contributed by atoms with van der Waals surface area (Å²) in [6, 6.07) is 2.65. The Balaban J connectivity index is 1.75.